The Bertz CT molecular complexity index is 998. The van der Waals surface area contributed by atoms with Crippen LogP contribution in [-0.2, 0) is 6.54 Å². The number of furan rings is 1. The van der Waals surface area contributed by atoms with E-state index in [0.717, 1.165) is 61.2 Å². The molecule has 6 heteroatoms. The summed E-state index contributed by atoms with van der Waals surface area (Å²) in [7, 11) is 0. The summed E-state index contributed by atoms with van der Waals surface area (Å²) in [5.41, 5.74) is 4.63. The monoisotopic (exact) mass is 406 g/mol. The van der Waals surface area contributed by atoms with E-state index in [0.29, 0.717) is 12.1 Å². The van der Waals surface area contributed by atoms with Crippen molar-refractivity contribution in [3.05, 3.63) is 71.4 Å². The number of amides is 1. The van der Waals surface area contributed by atoms with E-state index >= 15 is 0 Å². The van der Waals surface area contributed by atoms with Crippen LogP contribution in [-0.4, -0.2) is 48.1 Å². The van der Waals surface area contributed by atoms with Crippen molar-refractivity contribution < 1.29 is 9.21 Å². The van der Waals surface area contributed by atoms with Gasteiger partial charge >= 0.3 is 0 Å². The normalized spacial score (nSPS) is 14.8. The molecule has 0 saturated carbocycles. The van der Waals surface area contributed by atoms with Crippen LogP contribution in [0.3, 0.4) is 0 Å². The minimum atomic E-state index is -0.0755. The Morgan fingerprint density at radius 3 is 2.53 bits per heavy atom. The van der Waals surface area contributed by atoms with Gasteiger partial charge in [0.25, 0.3) is 5.91 Å². The molecular weight excluding hydrogens is 376 g/mol. The standard InChI is InChI=1S/C24H30N4O2/c1-4-26-11-13-27(14-12-26)23-10-6-5-9-22(23)25-24(29)21-16-18(2)28(19(21)3)17-20-8-7-15-30-20/h5-10,15-16H,4,11-14,17H2,1-3H3,(H,25,29). The second-order valence-corrected chi connectivity index (χ2v) is 7.84. The first kappa shape index (κ1) is 20.3. The van der Waals surface area contributed by atoms with E-state index in [9.17, 15) is 4.79 Å². The molecule has 0 aliphatic carbocycles. The average Bonchev–Trinajstić information content (AvgIpc) is 3.38. The van der Waals surface area contributed by atoms with Gasteiger partial charge in [-0.25, -0.2) is 0 Å². The molecule has 4 rings (SSSR count). The summed E-state index contributed by atoms with van der Waals surface area (Å²) in [6.45, 7) is 12.0. The van der Waals surface area contributed by atoms with Crippen molar-refractivity contribution in [1.82, 2.24) is 9.47 Å². The molecule has 0 radical (unpaired) electrons. The van der Waals surface area contributed by atoms with Gasteiger partial charge in [0.05, 0.1) is 29.7 Å². The number of para-hydroxylation sites is 2. The zero-order valence-electron chi connectivity index (χ0n) is 18.0. The zero-order chi connectivity index (χ0) is 21.1. The zero-order valence-corrected chi connectivity index (χ0v) is 18.0. The summed E-state index contributed by atoms with van der Waals surface area (Å²) in [4.78, 5) is 18.0. The third kappa shape index (κ3) is 4.14. The molecule has 0 spiro atoms. The third-order valence-electron chi connectivity index (χ3n) is 6.02. The molecule has 1 aliphatic heterocycles. The van der Waals surface area contributed by atoms with E-state index in [-0.39, 0.29) is 5.91 Å². The first-order valence-corrected chi connectivity index (χ1v) is 10.6. The molecule has 1 fully saturated rings. The summed E-state index contributed by atoms with van der Waals surface area (Å²) in [5, 5.41) is 3.16. The number of piperazine rings is 1. The number of carbonyl (C=O) groups excluding carboxylic acids is 1. The number of anilines is 2. The Kier molecular flexibility index (Phi) is 5.95. The van der Waals surface area contributed by atoms with Gasteiger partial charge in [0, 0.05) is 37.6 Å². The summed E-state index contributed by atoms with van der Waals surface area (Å²) in [5.74, 6) is 0.800. The van der Waals surface area contributed by atoms with Crippen molar-refractivity contribution in [2.75, 3.05) is 42.9 Å². The van der Waals surface area contributed by atoms with Gasteiger partial charge in [-0.05, 0) is 50.7 Å². The minimum Gasteiger partial charge on any atom is -0.467 e. The highest BCUT2D eigenvalue weighted by molar-refractivity contribution is 6.07. The molecule has 30 heavy (non-hydrogen) atoms. The molecule has 3 heterocycles. The van der Waals surface area contributed by atoms with Crippen LogP contribution in [0.25, 0.3) is 0 Å². The number of aromatic nitrogens is 1. The molecule has 3 aromatic rings. The lowest BCUT2D eigenvalue weighted by Crippen LogP contribution is -2.46. The van der Waals surface area contributed by atoms with Gasteiger partial charge in [0.15, 0.2) is 0 Å². The van der Waals surface area contributed by atoms with Crippen LogP contribution in [0.2, 0.25) is 0 Å². The van der Waals surface area contributed by atoms with Crippen molar-refractivity contribution in [2.45, 2.75) is 27.3 Å². The second-order valence-electron chi connectivity index (χ2n) is 7.84. The Balaban J connectivity index is 1.52. The number of nitrogens with zero attached hydrogens (tertiary/aromatic N) is 3. The van der Waals surface area contributed by atoms with Gasteiger partial charge in [-0.3, -0.25) is 4.79 Å². The Morgan fingerprint density at radius 1 is 1.07 bits per heavy atom. The Morgan fingerprint density at radius 2 is 1.83 bits per heavy atom. The lowest BCUT2D eigenvalue weighted by molar-refractivity contribution is 0.102. The maximum atomic E-state index is 13.2. The second kappa shape index (κ2) is 8.79. The lowest BCUT2D eigenvalue weighted by atomic mass is 10.2. The number of rotatable bonds is 6. The molecular formula is C24H30N4O2. The van der Waals surface area contributed by atoms with E-state index in [1.54, 1.807) is 6.26 Å². The largest absolute Gasteiger partial charge is 0.467 e. The van der Waals surface area contributed by atoms with E-state index in [2.05, 4.69) is 32.7 Å². The van der Waals surface area contributed by atoms with Crippen LogP contribution in [0.4, 0.5) is 11.4 Å². The molecule has 1 aromatic carbocycles. The number of carbonyl (C=O) groups is 1. The van der Waals surface area contributed by atoms with E-state index < -0.39 is 0 Å². The van der Waals surface area contributed by atoms with Crippen molar-refractivity contribution in [3.63, 3.8) is 0 Å². The molecule has 6 nitrogen and oxygen atoms in total. The van der Waals surface area contributed by atoms with Crippen LogP contribution >= 0.6 is 0 Å². The van der Waals surface area contributed by atoms with E-state index in [4.69, 9.17) is 4.42 Å². The fraction of sp³-hybridized carbons (Fsp3) is 0.375. The molecule has 0 atom stereocenters. The van der Waals surface area contributed by atoms with Gasteiger partial charge in [-0.1, -0.05) is 19.1 Å². The van der Waals surface area contributed by atoms with Crippen LogP contribution in [0.1, 0.15) is 34.4 Å². The first-order valence-electron chi connectivity index (χ1n) is 10.6. The predicted octanol–water partition coefficient (Wildman–Crippen LogP) is 4.14. The minimum absolute atomic E-state index is 0.0755. The maximum Gasteiger partial charge on any atom is 0.257 e. The quantitative estimate of drug-likeness (QED) is 0.668. The average molecular weight is 407 g/mol. The van der Waals surface area contributed by atoms with Crippen molar-refractivity contribution in [2.24, 2.45) is 0 Å². The van der Waals surface area contributed by atoms with Crippen molar-refractivity contribution in [3.8, 4) is 0 Å². The molecule has 1 N–H and O–H groups in total. The number of aryl methyl sites for hydroxylation is 1. The van der Waals surface area contributed by atoms with Crippen LogP contribution in [0, 0.1) is 13.8 Å². The highest BCUT2D eigenvalue weighted by Gasteiger charge is 2.21. The van der Waals surface area contributed by atoms with Gasteiger partial charge < -0.3 is 24.1 Å². The third-order valence-corrected chi connectivity index (χ3v) is 6.02. The SMILES string of the molecule is CCN1CCN(c2ccccc2NC(=O)c2cc(C)n(Cc3ccco3)c2C)CC1. The van der Waals surface area contributed by atoms with Crippen molar-refractivity contribution in [1.29, 1.82) is 0 Å². The number of benzene rings is 1. The maximum absolute atomic E-state index is 13.2. The predicted molar refractivity (Wildman–Crippen MR) is 120 cm³/mol. The molecule has 1 amide bonds. The number of hydrogen-bond donors (Lipinski definition) is 1. The van der Waals surface area contributed by atoms with Crippen LogP contribution in [0.15, 0.2) is 53.1 Å². The fourth-order valence-electron chi connectivity index (χ4n) is 4.18. The molecule has 158 valence electrons. The van der Waals surface area contributed by atoms with Gasteiger partial charge in [0.2, 0.25) is 0 Å². The van der Waals surface area contributed by atoms with Crippen LogP contribution < -0.4 is 10.2 Å². The van der Waals surface area contributed by atoms with E-state index in [1.165, 1.54) is 0 Å². The summed E-state index contributed by atoms with van der Waals surface area (Å²) in [6, 6.07) is 13.9. The first-order chi connectivity index (χ1) is 14.6. The molecule has 0 bridgehead atoms. The Labute approximate surface area is 178 Å². The summed E-state index contributed by atoms with van der Waals surface area (Å²) >= 11 is 0. The van der Waals surface area contributed by atoms with Crippen LogP contribution in [0.5, 0.6) is 0 Å². The van der Waals surface area contributed by atoms with Gasteiger partial charge in [0.1, 0.15) is 5.76 Å². The fourth-order valence-corrected chi connectivity index (χ4v) is 4.18. The summed E-state index contributed by atoms with van der Waals surface area (Å²) < 4.78 is 7.60. The molecule has 2 aromatic heterocycles. The number of hydrogen-bond acceptors (Lipinski definition) is 4. The van der Waals surface area contributed by atoms with Gasteiger partial charge in [-0.2, -0.15) is 0 Å². The Hall–Kier alpha value is -2.99. The smallest absolute Gasteiger partial charge is 0.257 e. The van der Waals surface area contributed by atoms with Gasteiger partial charge in [-0.15, -0.1) is 0 Å². The molecule has 0 unspecified atom stereocenters. The topological polar surface area (TPSA) is 53.6 Å². The molecule has 1 aliphatic rings. The number of nitrogens with one attached hydrogen (secondary N) is 1. The number of likely N-dealkylation sites (N-methyl/N-ethyl adjacent to an activating group) is 1. The van der Waals surface area contributed by atoms with Crippen molar-refractivity contribution >= 4 is 17.3 Å². The lowest BCUT2D eigenvalue weighted by Gasteiger charge is -2.36. The highest BCUT2D eigenvalue weighted by atomic mass is 16.3. The highest BCUT2D eigenvalue weighted by Crippen LogP contribution is 2.28. The van der Waals surface area contributed by atoms with E-state index in [1.807, 2.05) is 50.2 Å². The molecule has 1 saturated heterocycles. The summed E-state index contributed by atoms with van der Waals surface area (Å²) in [6.07, 6.45) is 1.67.